The number of benzene rings is 1. The Bertz CT molecular complexity index is 932. The van der Waals surface area contributed by atoms with Gasteiger partial charge in [-0.05, 0) is 38.8 Å². The van der Waals surface area contributed by atoms with E-state index >= 15 is 0 Å². The number of piperidine rings is 1. The number of carbonyl (C=O) groups excluding carboxylic acids is 2. The molecule has 4 heterocycles. The molecule has 28 heavy (non-hydrogen) atoms. The summed E-state index contributed by atoms with van der Waals surface area (Å²) in [4.78, 5) is 27.9. The third-order valence-electron chi connectivity index (χ3n) is 6.58. The molecule has 2 amide bonds. The summed E-state index contributed by atoms with van der Waals surface area (Å²) >= 11 is 0. The van der Waals surface area contributed by atoms with Crippen LogP contribution < -0.4 is 10.6 Å². The second kappa shape index (κ2) is 6.09. The Morgan fingerprint density at radius 2 is 1.89 bits per heavy atom. The van der Waals surface area contributed by atoms with E-state index in [1.54, 1.807) is 0 Å². The molecule has 2 unspecified atom stereocenters. The molecule has 7 nitrogen and oxygen atoms in total. The van der Waals surface area contributed by atoms with Crippen molar-refractivity contribution >= 4 is 17.5 Å². The van der Waals surface area contributed by atoms with E-state index < -0.39 is 5.66 Å². The first-order chi connectivity index (χ1) is 13.5. The molecule has 2 saturated heterocycles. The molecule has 146 valence electrons. The lowest BCUT2D eigenvalue weighted by Gasteiger charge is -2.49. The van der Waals surface area contributed by atoms with Gasteiger partial charge in [-0.15, -0.1) is 0 Å². The second-order valence-electron chi connectivity index (χ2n) is 8.39. The average molecular weight is 379 g/mol. The van der Waals surface area contributed by atoms with Crippen LogP contribution in [-0.2, 0) is 11.2 Å². The molecular formula is C21H25N5O2. The van der Waals surface area contributed by atoms with Crippen LogP contribution >= 0.6 is 0 Å². The number of nitrogens with one attached hydrogen (secondary N) is 3. The van der Waals surface area contributed by atoms with Crippen LogP contribution in [0.25, 0.3) is 0 Å². The maximum Gasteiger partial charge on any atom is 0.255 e. The molecule has 3 N–H and O–H groups in total. The van der Waals surface area contributed by atoms with Crippen LogP contribution in [0.3, 0.4) is 0 Å². The summed E-state index contributed by atoms with van der Waals surface area (Å²) in [6.07, 6.45) is 3.83. The van der Waals surface area contributed by atoms with E-state index in [2.05, 4.69) is 25.7 Å². The summed E-state index contributed by atoms with van der Waals surface area (Å²) in [7, 11) is 0. The van der Waals surface area contributed by atoms with E-state index in [-0.39, 0.29) is 23.9 Å². The van der Waals surface area contributed by atoms with Crippen molar-refractivity contribution in [2.45, 2.75) is 63.7 Å². The number of hydrogen-bond acceptors (Lipinski definition) is 4. The standard InChI is InChI=1S/C21H25N5O2/c1-12-17(13(2)25-24-12)9-19(27)26-14-7-8-15(26)11-21(10-14)22-18-6-4-3-5-16(18)20(28)23-21/h3-6,14-15,22H,7-11H2,1-2H3,(H,23,28)(H,24,25). The second-order valence-corrected chi connectivity index (χ2v) is 8.39. The predicted octanol–water partition coefficient (Wildman–Crippen LogP) is 2.27. The molecule has 1 spiro atoms. The van der Waals surface area contributed by atoms with Gasteiger partial charge in [0.15, 0.2) is 0 Å². The third kappa shape index (κ3) is 2.60. The Kier molecular flexibility index (Phi) is 3.76. The predicted molar refractivity (Wildman–Crippen MR) is 105 cm³/mol. The zero-order chi connectivity index (χ0) is 19.5. The van der Waals surface area contributed by atoms with Crippen LogP contribution in [0.15, 0.2) is 24.3 Å². The Morgan fingerprint density at radius 3 is 2.57 bits per heavy atom. The molecule has 3 aliphatic heterocycles. The molecule has 0 radical (unpaired) electrons. The molecule has 2 aromatic rings. The first kappa shape index (κ1) is 17.3. The molecule has 2 fully saturated rings. The number of fused-ring (bicyclic) bond motifs is 3. The van der Waals surface area contributed by atoms with Crippen LogP contribution in [0, 0.1) is 13.8 Å². The summed E-state index contributed by atoms with van der Waals surface area (Å²) in [6, 6.07) is 7.92. The number of aromatic nitrogens is 2. The van der Waals surface area contributed by atoms with Crippen molar-refractivity contribution in [3.05, 3.63) is 46.8 Å². The number of H-pyrrole nitrogens is 1. The molecule has 7 heteroatoms. The lowest BCUT2D eigenvalue weighted by atomic mass is 9.87. The van der Waals surface area contributed by atoms with E-state index in [1.807, 2.05) is 38.1 Å². The summed E-state index contributed by atoms with van der Waals surface area (Å²) in [6.45, 7) is 3.90. The quantitative estimate of drug-likeness (QED) is 0.747. The van der Waals surface area contributed by atoms with Gasteiger partial charge in [0.25, 0.3) is 5.91 Å². The maximum absolute atomic E-state index is 13.1. The van der Waals surface area contributed by atoms with Crippen LogP contribution in [0.1, 0.15) is 53.0 Å². The lowest BCUT2D eigenvalue weighted by molar-refractivity contribution is -0.135. The zero-order valence-electron chi connectivity index (χ0n) is 16.2. The summed E-state index contributed by atoms with van der Waals surface area (Å²) in [5.74, 6) is 0.135. The summed E-state index contributed by atoms with van der Waals surface area (Å²) in [5, 5.41) is 14.0. The Balaban J connectivity index is 1.37. The molecule has 1 aromatic heterocycles. The highest BCUT2D eigenvalue weighted by Gasteiger charge is 2.52. The zero-order valence-corrected chi connectivity index (χ0v) is 16.2. The van der Waals surface area contributed by atoms with Gasteiger partial charge in [-0.2, -0.15) is 5.10 Å². The van der Waals surface area contributed by atoms with Crippen molar-refractivity contribution in [3.8, 4) is 0 Å². The van der Waals surface area contributed by atoms with Gasteiger partial charge in [0.05, 0.1) is 17.7 Å². The lowest BCUT2D eigenvalue weighted by Crippen LogP contribution is -2.65. The van der Waals surface area contributed by atoms with Gasteiger partial charge in [0.2, 0.25) is 5.91 Å². The minimum Gasteiger partial charge on any atom is -0.362 e. The number of carbonyl (C=O) groups is 2. The van der Waals surface area contributed by atoms with Gasteiger partial charge < -0.3 is 15.5 Å². The van der Waals surface area contributed by atoms with E-state index in [0.29, 0.717) is 12.0 Å². The fraction of sp³-hybridized carbons (Fsp3) is 0.476. The normalized spacial score (nSPS) is 28.1. The van der Waals surface area contributed by atoms with Crippen molar-refractivity contribution in [1.82, 2.24) is 20.4 Å². The number of para-hydroxylation sites is 1. The molecular weight excluding hydrogens is 354 g/mol. The van der Waals surface area contributed by atoms with Gasteiger partial charge in [0, 0.05) is 41.9 Å². The topological polar surface area (TPSA) is 90.1 Å². The van der Waals surface area contributed by atoms with Gasteiger partial charge in [-0.1, -0.05) is 12.1 Å². The molecule has 5 rings (SSSR count). The van der Waals surface area contributed by atoms with Crippen molar-refractivity contribution in [2.24, 2.45) is 0 Å². The number of nitrogens with zero attached hydrogens (tertiary/aromatic N) is 2. The number of anilines is 1. The number of rotatable bonds is 2. The monoisotopic (exact) mass is 379 g/mol. The highest BCUT2D eigenvalue weighted by molar-refractivity contribution is 6.02. The van der Waals surface area contributed by atoms with Crippen molar-refractivity contribution in [1.29, 1.82) is 0 Å². The SMILES string of the molecule is Cc1n[nH]c(C)c1CC(=O)N1C2CCC1CC1(C2)NC(=O)c2ccccc2N1. The molecule has 1 aromatic carbocycles. The van der Waals surface area contributed by atoms with E-state index in [0.717, 1.165) is 48.3 Å². The Labute approximate surface area is 163 Å². The van der Waals surface area contributed by atoms with Gasteiger partial charge >= 0.3 is 0 Å². The first-order valence-electron chi connectivity index (χ1n) is 9.97. The van der Waals surface area contributed by atoms with Crippen molar-refractivity contribution < 1.29 is 9.59 Å². The van der Waals surface area contributed by atoms with E-state index in [1.165, 1.54) is 0 Å². The van der Waals surface area contributed by atoms with Crippen LogP contribution in [0.5, 0.6) is 0 Å². The number of hydrogen-bond donors (Lipinski definition) is 3. The Morgan fingerprint density at radius 1 is 1.18 bits per heavy atom. The molecule has 0 saturated carbocycles. The molecule has 0 aliphatic carbocycles. The van der Waals surface area contributed by atoms with Crippen molar-refractivity contribution in [2.75, 3.05) is 5.32 Å². The van der Waals surface area contributed by atoms with Crippen LogP contribution in [0.4, 0.5) is 5.69 Å². The highest BCUT2D eigenvalue weighted by atomic mass is 16.2. The molecule has 2 bridgehead atoms. The summed E-state index contributed by atoms with van der Waals surface area (Å²) < 4.78 is 0. The molecule has 3 aliphatic rings. The van der Waals surface area contributed by atoms with Crippen LogP contribution in [-0.4, -0.2) is 44.7 Å². The fourth-order valence-corrected chi connectivity index (χ4v) is 5.30. The number of aryl methyl sites for hydroxylation is 2. The Hall–Kier alpha value is -2.83. The van der Waals surface area contributed by atoms with Crippen molar-refractivity contribution in [3.63, 3.8) is 0 Å². The maximum atomic E-state index is 13.1. The van der Waals surface area contributed by atoms with Gasteiger partial charge in [0.1, 0.15) is 5.66 Å². The smallest absolute Gasteiger partial charge is 0.255 e. The van der Waals surface area contributed by atoms with Gasteiger partial charge in [-0.25, -0.2) is 0 Å². The largest absolute Gasteiger partial charge is 0.362 e. The highest BCUT2D eigenvalue weighted by Crippen LogP contribution is 2.43. The average Bonchev–Trinajstić information content (AvgIpc) is 3.13. The number of amides is 2. The fourth-order valence-electron chi connectivity index (χ4n) is 5.30. The van der Waals surface area contributed by atoms with E-state index in [9.17, 15) is 9.59 Å². The first-order valence-corrected chi connectivity index (χ1v) is 9.97. The minimum absolute atomic E-state index is 0.0295. The minimum atomic E-state index is -0.463. The third-order valence-corrected chi connectivity index (χ3v) is 6.58. The summed E-state index contributed by atoms with van der Waals surface area (Å²) in [5.41, 5.74) is 3.96. The van der Waals surface area contributed by atoms with Gasteiger partial charge in [-0.3, -0.25) is 14.7 Å². The van der Waals surface area contributed by atoms with Crippen LogP contribution in [0.2, 0.25) is 0 Å². The number of aromatic amines is 1. The van der Waals surface area contributed by atoms with E-state index in [4.69, 9.17) is 0 Å². The molecule has 2 atom stereocenters.